The molecule has 0 saturated carbocycles. The highest BCUT2D eigenvalue weighted by Gasteiger charge is 2.29. The van der Waals surface area contributed by atoms with Gasteiger partial charge in [0.05, 0.1) is 11.8 Å². The van der Waals surface area contributed by atoms with E-state index in [1.165, 1.54) is 17.0 Å². The largest absolute Gasteiger partial charge is 0.469 e. The molecule has 164 valence electrons. The first-order valence-corrected chi connectivity index (χ1v) is 10.6. The average molecular weight is 440 g/mol. The quantitative estimate of drug-likeness (QED) is 0.357. The molecule has 0 aliphatic carbocycles. The Morgan fingerprint density at radius 3 is 2.59 bits per heavy atom. The summed E-state index contributed by atoms with van der Waals surface area (Å²) in [6.07, 6.45) is -3.00. The van der Waals surface area contributed by atoms with Gasteiger partial charge >= 0.3 is 12.2 Å². The predicted octanol–water partition coefficient (Wildman–Crippen LogP) is 1.66. The van der Waals surface area contributed by atoms with Gasteiger partial charge in [-0.1, -0.05) is 6.42 Å². The van der Waals surface area contributed by atoms with Gasteiger partial charge in [-0.25, -0.2) is 17.9 Å². The Morgan fingerprint density at radius 1 is 1.24 bits per heavy atom. The molecule has 1 saturated heterocycles. The number of hydrogen-bond donors (Lipinski definition) is 3. The highest BCUT2D eigenvalue weighted by molar-refractivity contribution is 7.89. The second kappa shape index (κ2) is 9.48. The van der Waals surface area contributed by atoms with Crippen molar-refractivity contribution in [1.29, 1.82) is 0 Å². The van der Waals surface area contributed by atoms with Gasteiger partial charge in [-0.05, 0) is 31.9 Å². The topological polar surface area (TPSA) is 121 Å². The van der Waals surface area contributed by atoms with Crippen LogP contribution in [0, 0.1) is 0 Å². The van der Waals surface area contributed by atoms with Crippen molar-refractivity contribution in [2.45, 2.75) is 38.4 Å². The summed E-state index contributed by atoms with van der Waals surface area (Å²) in [5, 5.41) is 2.16. The van der Waals surface area contributed by atoms with Crippen LogP contribution in [0.2, 0.25) is 0 Å². The molecule has 3 N–H and O–H groups in total. The molecule has 1 aliphatic heterocycles. The van der Waals surface area contributed by atoms with Crippen LogP contribution in [0.5, 0.6) is 5.88 Å². The van der Waals surface area contributed by atoms with Crippen molar-refractivity contribution in [2.75, 3.05) is 25.4 Å². The van der Waals surface area contributed by atoms with Gasteiger partial charge in [0.2, 0.25) is 15.9 Å². The number of urea groups is 1. The number of sulfonamides is 1. The first kappa shape index (κ1) is 23.0. The van der Waals surface area contributed by atoms with E-state index in [2.05, 4.69) is 19.8 Å². The lowest BCUT2D eigenvalue weighted by Gasteiger charge is -2.14. The zero-order valence-corrected chi connectivity index (χ0v) is 16.5. The van der Waals surface area contributed by atoms with Crippen molar-refractivity contribution in [2.24, 2.45) is 0 Å². The molecule has 2 heterocycles. The van der Waals surface area contributed by atoms with Crippen LogP contribution in [0.1, 0.15) is 37.9 Å². The van der Waals surface area contributed by atoms with Crippen LogP contribution in [0.4, 0.5) is 18.0 Å². The Bertz CT molecular complexity index is 825. The zero-order valence-electron chi connectivity index (χ0n) is 15.7. The fourth-order valence-corrected chi connectivity index (χ4v) is 4.08. The number of H-pyrrole nitrogens is 1. The summed E-state index contributed by atoms with van der Waals surface area (Å²) in [6.45, 7) is 0.492. The number of alkyl halides is 3. The smallest absolute Gasteiger partial charge is 0.422 e. The van der Waals surface area contributed by atoms with Crippen molar-refractivity contribution in [3.63, 3.8) is 0 Å². The summed E-state index contributed by atoms with van der Waals surface area (Å²) in [5.74, 6) is -0.597. The summed E-state index contributed by atoms with van der Waals surface area (Å²) >= 11 is 0. The summed E-state index contributed by atoms with van der Waals surface area (Å²) < 4.78 is 67.8. The standard InChI is InChI=1S/C16H23F3N4O5S/c1-11(12-5-6-14(20-12)28-10-16(17,18)19)22-29(26,27)8-4-2-3-7-23-9-13(24)21-15(23)25/h5-6,11,20,22H,2-4,7-10H2,1H3,(H,21,24,25). The fourth-order valence-electron chi connectivity index (χ4n) is 2.71. The normalized spacial score (nSPS) is 16.2. The zero-order chi connectivity index (χ0) is 21.7. The lowest BCUT2D eigenvalue weighted by molar-refractivity contribution is -0.154. The monoisotopic (exact) mass is 440 g/mol. The van der Waals surface area contributed by atoms with Gasteiger partial charge < -0.3 is 14.6 Å². The summed E-state index contributed by atoms with van der Waals surface area (Å²) in [7, 11) is -3.61. The number of aromatic amines is 1. The number of carbonyl (C=O) groups is 2. The maximum Gasteiger partial charge on any atom is 0.422 e. The summed E-state index contributed by atoms with van der Waals surface area (Å²) in [4.78, 5) is 26.4. The van der Waals surface area contributed by atoms with Gasteiger partial charge in [-0.2, -0.15) is 13.2 Å². The molecular weight excluding hydrogens is 417 g/mol. The number of carbonyl (C=O) groups excluding carboxylic acids is 2. The van der Waals surface area contributed by atoms with Crippen molar-refractivity contribution >= 4 is 22.0 Å². The summed E-state index contributed by atoms with van der Waals surface area (Å²) in [6, 6.07) is 1.62. The molecule has 1 aromatic rings. The molecule has 1 unspecified atom stereocenters. The number of imide groups is 1. The number of unbranched alkanes of at least 4 members (excludes halogenated alkanes) is 2. The molecule has 0 radical (unpaired) electrons. The van der Waals surface area contributed by atoms with Crippen molar-refractivity contribution < 1.29 is 35.9 Å². The minimum atomic E-state index is -4.47. The molecule has 1 fully saturated rings. The number of nitrogens with zero attached hydrogens (tertiary/aromatic N) is 1. The third-order valence-corrected chi connectivity index (χ3v) is 5.64. The number of aromatic nitrogens is 1. The minimum absolute atomic E-state index is 0.0149. The average Bonchev–Trinajstić information content (AvgIpc) is 3.18. The fraction of sp³-hybridized carbons (Fsp3) is 0.625. The Kier molecular flexibility index (Phi) is 7.52. The lowest BCUT2D eigenvalue weighted by atomic mass is 10.2. The Hall–Kier alpha value is -2.28. The Morgan fingerprint density at radius 2 is 1.97 bits per heavy atom. The number of amides is 3. The molecule has 29 heavy (non-hydrogen) atoms. The second-order valence-corrected chi connectivity index (χ2v) is 8.55. The first-order chi connectivity index (χ1) is 13.5. The van der Waals surface area contributed by atoms with E-state index in [4.69, 9.17) is 0 Å². The van der Waals surface area contributed by atoms with Crippen LogP contribution in [0.15, 0.2) is 12.1 Å². The molecule has 0 bridgehead atoms. The van der Waals surface area contributed by atoms with E-state index in [1.54, 1.807) is 6.92 Å². The molecule has 0 spiro atoms. The van der Waals surface area contributed by atoms with Gasteiger partial charge in [0.25, 0.3) is 0 Å². The highest BCUT2D eigenvalue weighted by Crippen LogP contribution is 2.21. The first-order valence-electron chi connectivity index (χ1n) is 8.92. The van der Waals surface area contributed by atoms with Crippen LogP contribution in [-0.2, 0) is 14.8 Å². The van der Waals surface area contributed by atoms with E-state index in [9.17, 15) is 31.2 Å². The van der Waals surface area contributed by atoms with E-state index in [0.29, 0.717) is 31.5 Å². The Balaban J connectivity index is 1.71. The molecule has 3 amide bonds. The van der Waals surface area contributed by atoms with Crippen LogP contribution in [0.3, 0.4) is 0 Å². The van der Waals surface area contributed by atoms with E-state index in [-0.39, 0.29) is 24.1 Å². The second-order valence-electron chi connectivity index (χ2n) is 6.68. The van der Waals surface area contributed by atoms with Gasteiger partial charge in [-0.15, -0.1) is 0 Å². The molecule has 1 aromatic heterocycles. The third kappa shape index (κ3) is 7.93. The number of halogens is 3. The lowest BCUT2D eigenvalue weighted by Crippen LogP contribution is -2.30. The molecule has 1 aliphatic rings. The number of hydrogen-bond acceptors (Lipinski definition) is 5. The molecule has 9 nitrogen and oxygen atoms in total. The number of rotatable bonds is 11. The van der Waals surface area contributed by atoms with Gasteiger partial charge in [0, 0.05) is 12.2 Å². The predicted molar refractivity (Wildman–Crippen MR) is 96.6 cm³/mol. The van der Waals surface area contributed by atoms with Crippen molar-refractivity contribution in [1.82, 2.24) is 19.9 Å². The molecule has 13 heteroatoms. The SMILES string of the molecule is CC(NS(=O)(=O)CCCCCN1CC(=O)NC1=O)c1ccc(OCC(F)(F)F)[nH]1. The molecular formula is C16H23F3N4O5S. The highest BCUT2D eigenvalue weighted by atomic mass is 32.2. The van der Waals surface area contributed by atoms with E-state index >= 15 is 0 Å². The Labute approximate surface area is 166 Å². The van der Waals surface area contributed by atoms with Gasteiger partial charge in [0.1, 0.15) is 6.54 Å². The van der Waals surface area contributed by atoms with Crippen LogP contribution < -0.4 is 14.8 Å². The van der Waals surface area contributed by atoms with Crippen LogP contribution in [-0.4, -0.2) is 61.9 Å². The van der Waals surface area contributed by atoms with E-state index in [1.807, 2.05) is 0 Å². The summed E-state index contributed by atoms with van der Waals surface area (Å²) in [5.41, 5.74) is 0.371. The van der Waals surface area contributed by atoms with E-state index < -0.39 is 34.9 Å². The van der Waals surface area contributed by atoms with Gasteiger partial charge in [-0.3, -0.25) is 10.1 Å². The molecule has 1 atom stereocenters. The van der Waals surface area contributed by atoms with Crippen LogP contribution in [0.25, 0.3) is 0 Å². The van der Waals surface area contributed by atoms with E-state index in [0.717, 1.165) is 0 Å². The minimum Gasteiger partial charge on any atom is -0.469 e. The van der Waals surface area contributed by atoms with Gasteiger partial charge in [0.15, 0.2) is 12.5 Å². The van der Waals surface area contributed by atoms with Crippen molar-refractivity contribution in [3.05, 3.63) is 17.8 Å². The number of ether oxygens (including phenoxy) is 1. The van der Waals surface area contributed by atoms with Crippen molar-refractivity contribution in [3.8, 4) is 5.88 Å². The number of nitrogens with one attached hydrogen (secondary N) is 3. The van der Waals surface area contributed by atoms with Crippen LogP contribution >= 0.6 is 0 Å². The maximum atomic E-state index is 12.2. The molecule has 0 aromatic carbocycles. The maximum absolute atomic E-state index is 12.2. The third-order valence-electron chi connectivity index (χ3n) is 4.11. The molecule has 2 rings (SSSR count).